The summed E-state index contributed by atoms with van der Waals surface area (Å²) < 4.78 is 7.49. The van der Waals surface area contributed by atoms with E-state index in [0.29, 0.717) is 12.1 Å². The first kappa shape index (κ1) is 11.5. The van der Waals surface area contributed by atoms with E-state index in [1.807, 2.05) is 4.68 Å². The molecule has 0 radical (unpaired) electrons. The van der Waals surface area contributed by atoms with Crippen LogP contribution in [0.2, 0.25) is 0 Å². The van der Waals surface area contributed by atoms with Crippen molar-refractivity contribution in [3.8, 4) is 0 Å². The number of nitrogens with one attached hydrogen (secondary N) is 1. The topological polar surface area (TPSA) is 52.0 Å². The van der Waals surface area contributed by atoms with Crippen molar-refractivity contribution in [3.05, 3.63) is 12.2 Å². The molecule has 90 valence electrons. The highest BCUT2D eigenvalue weighted by Crippen LogP contribution is 2.11. The zero-order valence-electron chi connectivity index (χ0n) is 10.0. The van der Waals surface area contributed by atoms with E-state index < -0.39 is 0 Å². The summed E-state index contributed by atoms with van der Waals surface area (Å²) >= 11 is 0. The van der Waals surface area contributed by atoms with Crippen LogP contribution in [0.15, 0.2) is 6.33 Å². The second-order valence-corrected chi connectivity index (χ2v) is 4.48. The zero-order chi connectivity index (χ0) is 11.4. The Morgan fingerprint density at radius 3 is 3.19 bits per heavy atom. The van der Waals surface area contributed by atoms with Gasteiger partial charge >= 0.3 is 0 Å². The molecule has 5 heteroatoms. The standard InChI is InChI=1S/C11H20N4O/c1-9(2)15-11(13-8-14-15)7-12-6-10-4-3-5-16-10/h8-10,12H,3-7H2,1-2H3. The van der Waals surface area contributed by atoms with Gasteiger partial charge in [-0.1, -0.05) is 0 Å². The smallest absolute Gasteiger partial charge is 0.141 e. The van der Waals surface area contributed by atoms with Gasteiger partial charge in [0, 0.05) is 19.2 Å². The van der Waals surface area contributed by atoms with E-state index in [2.05, 4.69) is 29.2 Å². The fourth-order valence-corrected chi connectivity index (χ4v) is 1.98. The Labute approximate surface area is 96.2 Å². The molecule has 1 unspecified atom stereocenters. The number of hydrogen-bond acceptors (Lipinski definition) is 4. The minimum atomic E-state index is 0.363. The third-order valence-electron chi connectivity index (χ3n) is 2.82. The first-order valence-electron chi connectivity index (χ1n) is 5.98. The van der Waals surface area contributed by atoms with E-state index >= 15 is 0 Å². The summed E-state index contributed by atoms with van der Waals surface area (Å²) in [5, 5.41) is 7.58. The highest BCUT2D eigenvalue weighted by atomic mass is 16.5. The Hall–Kier alpha value is -0.940. The molecule has 1 saturated heterocycles. The van der Waals surface area contributed by atoms with Gasteiger partial charge in [0.05, 0.1) is 12.6 Å². The molecule has 0 saturated carbocycles. The van der Waals surface area contributed by atoms with Gasteiger partial charge in [-0.25, -0.2) is 9.67 Å². The third kappa shape index (κ3) is 2.80. The molecule has 0 aromatic carbocycles. The van der Waals surface area contributed by atoms with Crippen LogP contribution in [-0.4, -0.2) is 34.0 Å². The number of rotatable bonds is 5. The second-order valence-electron chi connectivity index (χ2n) is 4.48. The van der Waals surface area contributed by atoms with Gasteiger partial charge in [-0.15, -0.1) is 0 Å². The molecule has 5 nitrogen and oxygen atoms in total. The van der Waals surface area contributed by atoms with Crippen LogP contribution in [0.5, 0.6) is 0 Å². The molecule has 1 atom stereocenters. The summed E-state index contributed by atoms with van der Waals surface area (Å²) in [6.07, 6.45) is 4.36. The Balaban J connectivity index is 1.78. The van der Waals surface area contributed by atoms with Crippen molar-refractivity contribution in [2.45, 2.75) is 45.4 Å². The van der Waals surface area contributed by atoms with Crippen LogP contribution in [0, 0.1) is 0 Å². The normalized spacial score (nSPS) is 20.8. The minimum Gasteiger partial charge on any atom is -0.377 e. The molecular formula is C11H20N4O. The van der Waals surface area contributed by atoms with Gasteiger partial charge in [0.15, 0.2) is 0 Å². The first-order chi connectivity index (χ1) is 7.77. The molecule has 0 spiro atoms. The van der Waals surface area contributed by atoms with Crippen LogP contribution in [-0.2, 0) is 11.3 Å². The number of nitrogens with zero attached hydrogens (tertiary/aromatic N) is 3. The van der Waals surface area contributed by atoms with Crippen molar-refractivity contribution >= 4 is 0 Å². The van der Waals surface area contributed by atoms with Crippen molar-refractivity contribution < 1.29 is 4.74 Å². The van der Waals surface area contributed by atoms with Crippen molar-refractivity contribution in [3.63, 3.8) is 0 Å². The van der Waals surface area contributed by atoms with Crippen LogP contribution in [0.1, 0.15) is 38.6 Å². The Bertz CT molecular complexity index is 318. The van der Waals surface area contributed by atoms with Crippen molar-refractivity contribution in [2.24, 2.45) is 0 Å². The molecule has 1 aromatic heterocycles. The Morgan fingerprint density at radius 2 is 2.50 bits per heavy atom. The lowest BCUT2D eigenvalue weighted by Gasteiger charge is -2.12. The number of ether oxygens (including phenoxy) is 1. The van der Waals surface area contributed by atoms with Crippen molar-refractivity contribution in [1.82, 2.24) is 20.1 Å². The van der Waals surface area contributed by atoms with Crippen LogP contribution in [0.25, 0.3) is 0 Å². The van der Waals surface area contributed by atoms with Gasteiger partial charge in [-0.05, 0) is 26.7 Å². The summed E-state index contributed by atoms with van der Waals surface area (Å²) in [6, 6.07) is 0.363. The Kier molecular flexibility index (Phi) is 3.90. The van der Waals surface area contributed by atoms with Crippen molar-refractivity contribution in [1.29, 1.82) is 0 Å². The maximum absolute atomic E-state index is 5.54. The molecule has 1 aromatic rings. The SMILES string of the molecule is CC(C)n1ncnc1CNCC1CCCO1. The van der Waals surface area contributed by atoms with E-state index in [1.165, 1.54) is 12.8 Å². The van der Waals surface area contributed by atoms with Gasteiger partial charge in [0.1, 0.15) is 12.2 Å². The molecule has 0 bridgehead atoms. The van der Waals surface area contributed by atoms with Gasteiger partial charge in [-0.2, -0.15) is 5.10 Å². The fourth-order valence-electron chi connectivity index (χ4n) is 1.98. The maximum Gasteiger partial charge on any atom is 0.141 e. The van der Waals surface area contributed by atoms with Gasteiger partial charge in [-0.3, -0.25) is 0 Å². The molecule has 1 fully saturated rings. The van der Waals surface area contributed by atoms with Crippen LogP contribution in [0.3, 0.4) is 0 Å². The van der Waals surface area contributed by atoms with Crippen LogP contribution >= 0.6 is 0 Å². The minimum absolute atomic E-state index is 0.363. The van der Waals surface area contributed by atoms with Crippen LogP contribution in [0.4, 0.5) is 0 Å². The van der Waals surface area contributed by atoms with E-state index in [4.69, 9.17) is 4.74 Å². The van der Waals surface area contributed by atoms with E-state index in [9.17, 15) is 0 Å². The number of aromatic nitrogens is 3. The van der Waals surface area contributed by atoms with Crippen molar-refractivity contribution in [2.75, 3.05) is 13.2 Å². The summed E-state index contributed by atoms with van der Waals surface area (Å²) in [5.74, 6) is 0.994. The molecular weight excluding hydrogens is 204 g/mol. The predicted molar refractivity (Wildman–Crippen MR) is 61.1 cm³/mol. The van der Waals surface area contributed by atoms with E-state index in [-0.39, 0.29) is 0 Å². The molecule has 0 aliphatic carbocycles. The largest absolute Gasteiger partial charge is 0.377 e. The van der Waals surface area contributed by atoms with Gasteiger partial charge in [0.2, 0.25) is 0 Å². The summed E-state index contributed by atoms with van der Waals surface area (Å²) in [7, 11) is 0. The monoisotopic (exact) mass is 224 g/mol. The lowest BCUT2D eigenvalue weighted by Crippen LogP contribution is -2.27. The highest BCUT2D eigenvalue weighted by Gasteiger charge is 2.15. The average molecular weight is 224 g/mol. The zero-order valence-corrected chi connectivity index (χ0v) is 10.0. The molecule has 2 heterocycles. The molecule has 1 N–H and O–H groups in total. The quantitative estimate of drug-likeness (QED) is 0.814. The van der Waals surface area contributed by atoms with Gasteiger partial charge in [0.25, 0.3) is 0 Å². The summed E-state index contributed by atoms with van der Waals surface area (Å²) in [5.41, 5.74) is 0. The molecule has 0 amide bonds. The first-order valence-corrected chi connectivity index (χ1v) is 5.98. The lowest BCUT2D eigenvalue weighted by atomic mass is 10.2. The summed E-state index contributed by atoms with van der Waals surface area (Å²) in [6.45, 7) is 6.80. The highest BCUT2D eigenvalue weighted by molar-refractivity contribution is 4.86. The molecule has 1 aliphatic rings. The Morgan fingerprint density at radius 1 is 1.62 bits per heavy atom. The second kappa shape index (κ2) is 5.41. The average Bonchev–Trinajstić information content (AvgIpc) is 2.87. The molecule has 2 rings (SSSR count). The van der Waals surface area contributed by atoms with Gasteiger partial charge < -0.3 is 10.1 Å². The third-order valence-corrected chi connectivity index (χ3v) is 2.82. The van der Waals surface area contributed by atoms with E-state index in [0.717, 1.165) is 25.5 Å². The summed E-state index contributed by atoms with van der Waals surface area (Å²) in [4.78, 5) is 4.25. The number of hydrogen-bond donors (Lipinski definition) is 1. The molecule has 1 aliphatic heterocycles. The maximum atomic E-state index is 5.54. The lowest BCUT2D eigenvalue weighted by molar-refractivity contribution is 0.109. The molecule has 16 heavy (non-hydrogen) atoms. The van der Waals surface area contributed by atoms with Crippen LogP contribution < -0.4 is 5.32 Å². The van der Waals surface area contributed by atoms with E-state index in [1.54, 1.807) is 6.33 Å². The fraction of sp³-hybridized carbons (Fsp3) is 0.818. The predicted octanol–water partition coefficient (Wildman–Crippen LogP) is 1.13.